The van der Waals surface area contributed by atoms with Gasteiger partial charge in [0.15, 0.2) is 5.82 Å². The Balaban J connectivity index is 1.59. The van der Waals surface area contributed by atoms with Gasteiger partial charge < -0.3 is 11.1 Å². The van der Waals surface area contributed by atoms with Gasteiger partial charge in [0.25, 0.3) is 0 Å². The molecule has 0 bridgehead atoms. The molecule has 112 valence electrons. The van der Waals surface area contributed by atoms with E-state index in [9.17, 15) is 4.39 Å². The van der Waals surface area contributed by atoms with E-state index in [-0.39, 0.29) is 5.82 Å². The number of aromatic amines is 1. The van der Waals surface area contributed by atoms with Gasteiger partial charge in [-0.3, -0.25) is 5.10 Å². The molecule has 2 aromatic carbocycles. The summed E-state index contributed by atoms with van der Waals surface area (Å²) in [4.78, 5) is 4.44. The monoisotopic (exact) mass is 297 g/mol. The van der Waals surface area contributed by atoms with Crippen LogP contribution in [0.1, 0.15) is 5.82 Å². The maximum atomic E-state index is 13.1. The molecular weight excluding hydrogens is 281 g/mol. The first kappa shape index (κ1) is 14.1. The van der Waals surface area contributed by atoms with Crippen LogP contribution in [0.25, 0.3) is 11.4 Å². The maximum Gasteiger partial charge on any atom is 0.181 e. The van der Waals surface area contributed by atoms with Gasteiger partial charge in [0.2, 0.25) is 0 Å². The van der Waals surface area contributed by atoms with Crippen molar-refractivity contribution in [3.63, 3.8) is 0 Å². The summed E-state index contributed by atoms with van der Waals surface area (Å²) in [7, 11) is 0. The summed E-state index contributed by atoms with van der Waals surface area (Å²) in [6.07, 6.45) is 0.665. The van der Waals surface area contributed by atoms with Gasteiger partial charge in [-0.25, -0.2) is 9.37 Å². The second-order valence-electron chi connectivity index (χ2n) is 4.91. The first-order valence-corrected chi connectivity index (χ1v) is 6.97. The van der Waals surface area contributed by atoms with E-state index in [2.05, 4.69) is 20.5 Å². The maximum absolute atomic E-state index is 13.1. The molecule has 22 heavy (non-hydrogen) atoms. The first-order valence-electron chi connectivity index (χ1n) is 6.97. The zero-order valence-electron chi connectivity index (χ0n) is 11.9. The summed E-state index contributed by atoms with van der Waals surface area (Å²) >= 11 is 0. The molecule has 0 aliphatic rings. The Morgan fingerprint density at radius 1 is 1.14 bits per heavy atom. The molecular formula is C16H16FN5. The van der Waals surface area contributed by atoms with Gasteiger partial charge in [0.05, 0.1) is 0 Å². The van der Waals surface area contributed by atoms with Gasteiger partial charge in [-0.15, -0.1) is 0 Å². The zero-order chi connectivity index (χ0) is 15.4. The third-order valence-corrected chi connectivity index (χ3v) is 3.22. The number of nitrogens with one attached hydrogen (secondary N) is 2. The van der Waals surface area contributed by atoms with Crippen molar-refractivity contribution in [2.75, 3.05) is 17.6 Å². The molecule has 0 unspecified atom stereocenters. The summed E-state index contributed by atoms with van der Waals surface area (Å²) in [5.74, 6) is 1.16. The van der Waals surface area contributed by atoms with Gasteiger partial charge >= 0.3 is 0 Å². The number of nitrogen functional groups attached to an aromatic ring is 1. The number of hydrogen-bond donors (Lipinski definition) is 3. The number of rotatable bonds is 5. The van der Waals surface area contributed by atoms with Crippen LogP contribution in [0.15, 0.2) is 48.5 Å². The van der Waals surface area contributed by atoms with E-state index in [1.54, 1.807) is 6.07 Å². The van der Waals surface area contributed by atoms with Crippen molar-refractivity contribution in [1.82, 2.24) is 15.2 Å². The van der Waals surface area contributed by atoms with E-state index < -0.39 is 0 Å². The fraction of sp³-hybridized carbons (Fsp3) is 0.125. The van der Waals surface area contributed by atoms with Gasteiger partial charge in [-0.2, -0.15) is 5.10 Å². The number of nitrogens with zero attached hydrogens (tertiary/aromatic N) is 2. The highest BCUT2D eigenvalue weighted by Gasteiger charge is 2.05. The molecule has 0 amide bonds. The largest absolute Gasteiger partial charge is 0.399 e. The van der Waals surface area contributed by atoms with Crippen molar-refractivity contribution < 1.29 is 4.39 Å². The van der Waals surface area contributed by atoms with E-state index in [1.165, 1.54) is 12.1 Å². The van der Waals surface area contributed by atoms with Gasteiger partial charge in [0.1, 0.15) is 11.6 Å². The topological polar surface area (TPSA) is 79.6 Å². The van der Waals surface area contributed by atoms with E-state index in [0.29, 0.717) is 24.5 Å². The summed E-state index contributed by atoms with van der Waals surface area (Å²) < 4.78 is 13.1. The van der Waals surface area contributed by atoms with Crippen LogP contribution in [-0.4, -0.2) is 21.7 Å². The number of anilines is 2. The molecule has 0 spiro atoms. The number of H-pyrrole nitrogens is 1. The molecule has 0 saturated carbocycles. The lowest BCUT2D eigenvalue weighted by atomic mass is 10.2. The fourth-order valence-electron chi connectivity index (χ4n) is 2.09. The third kappa shape index (κ3) is 3.41. The highest BCUT2D eigenvalue weighted by molar-refractivity contribution is 5.58. The summed E-state index contributed by atoms with van der Waals surface area (Å²) in [6, 6.07) is 13.8. The van der Waals surface area contributed by atoms with E-state index in [1.807, 2.05) is 30.3 Å². The van der Waals surface area contributed by atoms with E-state index in [4.69, 9.17) is 5.73 Å². The molecule has 0 aliphatic heterocycles. The summed E-state index contributed by atoms with van der Waals surface area (Å²) in [5, 5.41) is 10.2. The van der Waals surface area contributed by atoms with Crippen LogP contribution >= 0.6 is 0 Å². The number of halogens is 1. The highest BCUT2D eigenvalue weighted by atomic mass is 19.1. The van der Waals surface area contributed by atoms with Crippen LogP contribution in [0.4, 0.5) is 15.8 Å². The van der Waals surface area contributed by atoms with Crippen molar-refractivity contribution >= 4 is 11.4 Å². The minimum Gasteiger partial charge on any atom is -0.399 e. The molecule has 0 saturated heterocycles. The smallest absolute Gasteiger partial charge is 0.181 e. The summed E-state index contributed by atoms with van der Waals surface area (Å²) in [5.41, 5.74) is 8.03. The third-order valence-electron chi connectivity index (χ3n) is 3.22. The van der Waals surface area contributed by atoms with Crippen molar-refractivity contribution in [2.45, 2.75) is 6.42 Å². The average molecular weight is 297 g/mol. The lowest BCUT2D eigenvalue weighted by molar-refractivity contribution is 0.628. The molecule has 0 radical (unpaired) electrons. The second-order valence-corrected chi connectivity index (χ2v) is 4.91. The predicted molar refractivity (Wildman–Crippen MR) is 84.8 cm³/mol. The van der Waals surface area contributed by atoms with Crippen LogP contribution in [0.3, 0.4) is 0 Å². The number of hydrogen-bond acceptors (Lipinski definition) is 4. The Morgan fingerprint density at radius 3 is 2.73 bits per heavy atom. The first-order chi connectivity index (χ1) is 10.7. The average Bonchev–Trinajstić information content (AvgIpc) is 2.97. The Bertz CT molecular complexity index is 751. The van der Waals surface area contributed by atoms with Gasteiger partial charge in [-0.1, -0.05) is 6.07 Å². The molecule has 0 atom stereocenters. The number of benzene rings is 2. The van der Waals surface area contributed by atoms with E-state index >= 15 is 0 Å². The quantitative estimate of drug-likeness (QED) is 0.633. The lowest BCUT2D eigenvalue weighted by Gasteiger charge is -2.04. The highest BCUT2D eigenvalue weighted by Crippen LogP contribution is 2.16. The zero-order valence-corrected chi connectivity index (χ0v) is 11.9. The van der Waals surface area contributed by atoms with Crippen LogP contribution in [-0.2, 0) is 6.42 Å². The fourth-order valence-corrected chi connectivity index (χ4v) is 2.09. The predicted octanol–water partition coefficient (Wildman–Crippen LogP) is 2.85. The van der Waals surface area contributed by atoms with Crippen LogP contribution in [0, 0.1) is 5.82 Å². The van der Waals surface area contributed by atoms with Gasteiger partial charge in [-0.05, 0) is 42.5 Å². The second kappa shape index (κ2) is 6.26. The molecule has 3 aromatic rings. The van der Waals surface area contributed by atoms with Crippen molar-refractivity contribution in [3.05, 3.63) is 60.2 Å². The summed E-state index contributed by atoms with van der Waals surface area (Å²) in [6.45, 7) is 0.639. The molecule has 0 aliphatic carbocycles. The molecule has 1 aromatic heterocycles. The van der Waals surface area contributed by atoms with E-state index in [0.717, 1.165) is 17.1 Å². The Labute approximate surface area is 127 Å². The Kier molecular flexibility index (Phi) is 4.00. The SMILES string of the molecule is Nc1ccc(-c2n[nH]c(CCNc3cccc(F)c3)n2)cc1. The standard InChI is InChI=1S/C16H16FN5/c17-12-2-1-3-14(10-12)19-9-8-15-20-16(22-21-15)11-4-6-13(18)7-5-11/h1-7,10,19H,8-9,18H2,(H,20,21,22). The van der Waals surface area contributed by atoms with Crippen molar-refractivity contribution in [1.29, 1.82) is 0 Å². The molecule has 1 heterocycles. The van der Waals surface area contributed by atoms with Crippen LogP contribution in [0.2, 0.25) is 0 Å². The number of aromatic nitrogens is 3. The molecule has 5 nitrogen and oxygen atoms in total. The molecule has 0 fully saturated rings. The minimum absolute atomic E-state index is 0.254. The van der Waals surface area contributed by atoms with Crippen LogP contribution in [0.5, 0.6) is 0 Å². The molecule has 6 heteroatoms. The lowest BCUT2D eigenvalue weighted by Crippen LogP contribution is -2.06. The van der Waals surface area contributed by atoms with Gasteiger partial charge in [0, 0.05) is 29.9 Å². The molecule has 3 rings (SSSR count). The van der Waals surface area contributed by atoms with Crippen molar-refractivity contribution in [2.24, 2.45) is 0 Å². The Morgan fingerprint density at radius 2 is 1.95 bits per heavy atom. The minimum atomic E-state index is -0.254. The van der Waals surface area contributed by atoms with Crippen LogP contribution < -0.4 is 11.1 Å². The normalized spacial score (nSPS) is 10.6. The molecule has 4 N–H and O–H groups in total. The Hall–Kier alpha value is -2.89. The number of nitrogens with two attached hydrogens (primary N) is 1. The van der Waals surface area contributed by atoms with Crippen molar-refractivity contribution in [3.8, 4) is 11.4 Å².